The molecule has 0 aliphatic heterocycles. The summed E-state index contributed by atoms with van der Waals surface area (Å²) in [5.41, 5.74) is 1.75. The Morgan fingerprint density at radius 2 is 2.00 bits per heavy atom. The van der Waals surface area contributed by atoms with E-state index in [1.807, 2.05) is 25.1 Å². The van der Waals surface area contributed by atoms with E-state index in [0.717, 1.165) is 16.5 Å². The average Bonchev–Trinajstić information content (AvgIpc) is 3.00. The molecule has 6 heteroatoms. The Bertz CT molecular complexity index is 998. The topological polar surface area (TPSA) is 81.2 Å². The number of aromatic nitrogens is 2. The Morgan fingerprint density at radius 3 is 2.79 bits per heavy atom. The predicted molar refractivity (Wildman–Crippen MR) is 89.3 cm³/mol. The summed E-state index contributed by atoms with van der Waals surface area (Å²) in [6.45, 7) is 1.49. The van der Waals surface area contributed by atoms with Gasteiger partial charge in [0, 0.05) is 48.2 Å². The van der Waals surface area contributed by atoms with Crippen LogP contribution < -0.4 is 5.43 Å². The summed E-state index contributed by atoms with van der Waals surface area (Å²) in [4.78, 5) is 39.1. The Hall–Kier alpha value is -3.15. The number of aromatic amines is 1. The van der Waals surface area contributed by atoms with Crippen LogP contribution in [-0.2, 0) is 11.8 Å². The van der Waals surface area contributed by atoms with E-state index in [1.54, 1.807) is 24.0 Å². The quantitative estimate of drug-likeness (QED) is 0.589. The molecule has 0 saturated heterocycles. The number of carbonyl (C=O) groups is 2. The van der Waals surface area contributed by atoms with Crippen LogP contribution in [0, 0.1) is 6.92 Å². The van der Waals surface area contributed by atoms with E-state index in [2.05, 4.69) is 4.98 Å². The maximum absolute atomic E-state index is 12.4. The molecule has 0 atom stereocenters. The van der Waals surface area contributed by atoms with Gasteiger partial charge in [0.1, 0.15) is 5.56 Å². The highest BCUT2D eigenvalue weighted by Crippen LogP contribution is 2.22. The first-order valence-electron chi connectivity index (χ1n) is 7.40. The number of benzene rings is 1. The van der Waals surface area contributed by atoms with Crippen molar-refractivity contribution < 1.29 is 14.3 Å². The van der Waals surface area contributed by atoms with Gasteiger partial charge >= 0.3 is 5.97 Å². The summed E-state index contributed by atoms with van der Waals surface area (Å²) < 4.78 is 6.59. The number of hydrogen-bond acceptors (Lipinski definition) is 4. The number of rotatable bonds is 4. The number of pyridine rings is 1. The second kappa shape index (κ2) is 6.16. The Labute approximate surface area is 137 Å². The van der Waals surface area contributed by atoms with E-state index in [-0.39, 0.29) is 11.3 Å². The number of ketones is 1. The summed E-state index contributed by atoms with van der Waals surface area (Å²) in [5.74, 6) is -1.13. The van der Waals surface area contributed by atoms with Gasteiger partial charge in [0.25, 0.3) is 0 Å². The molecule has 122 valence electrons. The molecule has 2 heterocycles. The molecular formula is C18H16N2O4. The molecule has 2 aromatic heterocycles. The van der Waals surface area contributed by atoms with E-state index < -0.39 is 18.0 Å². The van der Waals surface area contributed by atoms with Crippen LogP contribution in [0.1, 0.15) is 26.3 Å². The zero-order valence-corrected chi connectivity index (χ0v) is 13.3. The molecule has 0 radical (unpaired) electrons. The SMILES string of the molecule is Cc1cccc2[nH]cc(C(=O)COC(=O)c3cn(C)ccc3=O)c12. The molecule has 0 spiro atoms. The molecular weight excluding hydrogens is 308 g/mol. The lowest BCUT2D eigenvalue weighted by molar-refractivity contribution is 0.0473. The maximum atomic E-state index is 12.4. The van der Waals surface area contributed by atoms with Crippen LogP contribution in [0.2, 0.25) is 0 Å². The monoisotopic (exact) mass is 324 g/mol. The molecule has 0 aliphatic carbocycles. The van der Waals surface area contributed by atoms with Crippen LogP contribution in [0.25, 0.3) is 10.9 Å². The Balaban J connectivity index is 1.79. The molecule has 0 fully saturated rings. The van der Waals surface area contributed by atoms with Crippen molar-refractivity contribution in [2.24, 2.45) is 7.05 Å². The summed E-state index contributed by atoms with van der Waals surface area (Å²) in [6, 6.07) is 6.96. The van der Waals surface area contributed by atoms with Gasteiger partial charge in [-0.25, -0.2) is 4.79 Å². The molecule has 0 saturated carbocycles. The highest BCUT2D eigenvalue weighted by atomic mass is 16.5. The van der Waals surface area contributed by atoms with E-state index in [0.29, 0.717) is 5.56 Å². The zero-order valence-electron chi connectivity index (χ0n) is 13.3. The molecule has 6 nitrogen and oxygen atoms in total. The predicted octanol–water partition coefficient (Wildman–Crippen LogP) is 2.21. The van der Waals surface area contributed by atoms with Gasteiger partial charge in [0.2, 0.25) is 5.78 Å². The van der Waals surface area contributed by atoms with Crippen molar-refractivity contribution >= 4 is 22.7 Å². The van der Waals surface area contributed by atoms with E-state index in [9.17, 15) is 14.4 Å². The third-order valence-electron chi connectivity index (χ3n) is 3.83. The zero-order chi connectivity index (χ0) is 17.3. The van der Waals surface area contributed by atoms with E-state index in [1.165, 1.54) is 12.3 Å². The number of H-pyrrole nitrogens is 1. The molecule has 0 amide bonds. The van der Waals surface area contributed by atoms with Gasteiger partial charge in [0.05, 0.1) is 0 Å². The fourth-order valence-electron chi connectivity index (χ4n) is 2.61. The fraction of sp³-hybridized carbons (Fsp3) is 0.167. The van der Waals surface area contributed by atoms with E-state index >= 15 is 0 Å². The number of aryl methyl sites for hydroxylation is 2. The minimum Gasteiger partial charge on any atom is -0.454 e. The van der Waals surface area contributed by atoms with Crippen LogP contribution in [-0.4, -0.2) is 27.9 Å². The van der Waals surface area contributed by atoms with Gasteiger partial charge in [0.15, 0.2) is 12.0 Å². The maximum Gasteiger partial charge on any atom is 0.344 e. The van der Waals surface area contributed by atoms with Gasteiger partial charge in [-0.3, -0.25) is 9.59 Å². The number of fused-ring (bicyclic) bond motifs is 1. The van der Waals surface area contributed by atoms with Crippen LogP contribution in [0.15, 0.2) is 47.7 Å². The molecule has 0 bridgehead atoms. The lowest BCUT2D eigenvalue weighted by atomic mass is 10.1. The molecule has 3 rings (SSSR count). The van der Waals surface area contributed by atoms with Crippen LogP contribution in [0.3, 0.4) is 0 Å². The minimum atomic E-state index is -0.805. The molecule has 1 aromatic carbocycles. The van der Waals surface area contributed by atoms with E-state index in [4.69, 9.17) is 4.74 Å². The molecule has 3 aromatic rings. The summed E-state index contributed by atoms with van der Waals surface area (Å²) in [5, 5.41) is 0.814. The normalized spacial score (nSPS) is 10.8. The van der Waals surface area contributed by atoms with Crippen LogP contribution in [0.5, 0.6) is 0 Å². The number of ether oxygens (including phenoxy) is 1. The van der Waals surface area contributed by atoms with Crippen molar-refractivity contribution in [3.8, 4) is 0 Å². The third-order valence-corrected chi connectivity index (χ3v) is 3.83. The molecule has 24 heavy (non-hydrogen) atoms. The van der Waals surface area contributed by atoms with Crippen LogP contribution >= 0.6 is 0 Å². The molecule has 0 unspecified atom stereocenters. The number of nitrogens with zero attached hydrogens (tertiary/aromatic N) is 1. The molecule has 1 N–H and O–H groups in total. The summed E-state index contributed by atoms with van der Waals surface area (Å²) >= 11 is 0. The number of esters is 1. The fourth-order valence-corrected chi connectivity index (χ4v) is 2.61. The largest absolute Gasteiger partial charge is 0.454 e. The lowest BCUT2D eigenvalue weighted by Gasteiger charge is -2.05. The number of nitrogens with one attached hydrogen (secondary N) is 1. The Kier molecular flexibility index (Phi) is 4.04. The third kappa shape index (κ3) is 2.86. The van der Waals surface area contributed by atoms with Gasteiger partial charge in [-0.15, -0.1) is 0 Å². The van der Waals surface area contributed by atoms with Crippen LogP contribution in [0.4, 0.5) is 0 Å². The number of Topliss-reactive ketones (excluding diaryl/α,β-unsaturated/α-hetero) is 1. The van der Waals surface area contributed by atoms with Gasteiger partial charge in [-0.2, -0.15) is 0 Å². The second-order valence-electron chi connectivity index (χ2n) is 5.59. The first-order chi connectivity index (χ1) is 11.5. The standard InChI is InChI=1S/C18H16N2O4/c1-11-4-3-5-14-17(11)12(8-19-14)16(22)10-24-18(23)13-9-20(2)7-6-15(13)21/h3-9,19H,10H2,1-2H3. The van der Waals surface area contributed by atoms with Crippen molar-refractivity contribution in [1.29, 1.82) is 0 Å². The number of hydrogen-bond donors (Lipinski definition) is 1. The summed E-state index contributed by atoms with van der Waals surface area (Å²) in [7, 11) is 1.69. The smallest absolute Gasteiger partial charge is 0.344 e. The van der Waals surface area contributed by atoms with Gasteiger partial charge in [-0.05, 0) is 18.6 Å². The van der Waals surface area contributed by atoms with Crippen molar-refractivity contribution in [1.82, 2.24) is 9.55 Å². The van der Waals surface area contributed by atoms with Gasteiger partial charge in [-0.1, -0.05) is 12.1 Å². The Morgan fingerprint density at radius 1 is 1.21 bits per heavy atom. The first kappa shape index (κ1) is 15.7. The van der Waals surface area contributed by atoms with Gasteiger partial charge < -0.3 is 14.3 Å². The number of carbonyl (C=O) groups excluding carboxylic acids is 2. The first-order valence-corrected chi connectivity index (χ1v) is 7.40. The average molecular weight is 324 g/mol. The van der Waals surface area contributed by atoms with Crippen molar-refractivity contribution in [3.63, 3.8) is 0 Å². The van der Waals surface area contributed by atoms with Crippen molar-refractivity contribution in [2.75, 3.05) is 6.61 Å². The molecule has 0 aliphatic rings. The summed E-state index contributed by atoms with van der Waals surface area (Å²) in [6.07, 6.45) is 4.53. The minimum absolute atomic E-state index is 0.0945. The van der Waals surface area contributed by atoms with Crippen molar-refractivity contribution in [3.05, 3.63) is 69.8 Å². The van der Waals surface area contributed by atoms with Crippen molar-refractivity contribution in [2.45, 2.75) is 6.92 Å². The highest BCUT2D eigenvalue weighted by molar-refractivity contribution is 6.10. The second-order valence-corrected chi connectivity index (χ2v) is 5.59. The lowest BCUT2D eigenvalue weighted by Crippen LogP contribution is -2.21. The highest BCUT2D eigenvalue weighted by Gasteiger charge is 2.17.